The lowest BCUT2D eigenvalue weighted by Gasteiger charge is -2.12. The average Bonchev–Trinajstić information content (AvgIpc) is 3.03. The van der Waals surface area contributed by atoms with Gasteiger partial charge in [-0.1, -0.05) is 5.21 Å². The van der Waals surface area contributed by atoms with E-state index in [9.17, 15) is 13.2 Å². The smallest absolute Gasteiger partial charge is 0.316 e. The van der Waals surface area contributed by atoms with E-state index < -0.39 is 17.3 Å². The Morgan fingerprint density at radius 1 is 1.24 bits per heavy atom. The van der Waals surface area contributed by atoms with Crippen molar-refractivity contribution in [1.29, 1.82) is 0 Å². The molecule has 0 amide bonds. The van der Waals surface area contributed by atoms with Gasteiger partial charge >= 0.3 is 6.01 Å². The molecule has 6 nitrogen and oxygen atoms in total. The van der Waals surface area contributed by atoms with E-state index in [0.717, 1.165) is 12.1 Å². The molecular formula is C15H11BrF3N5O. The van der Waals surface area contributed by atoms with Gasteiger partial charge in [-0.2, -0.15) is 0 Å². The van der Waals surface area contributed by atoms with Crippen LogP contribution in [-0.2, 0) is 12.5 Å². The second-order valence-electron chi connectivity index (χ2n) is 5.18. The number of hydrogen-bond donors (Lipinski definition) is 0. The Bertz CT molecular complexity index is 880. The van der Waals surface area contributed by atoms with Gasteiger partial charge in [0.25, 0.3) is 5.92 Å². The molecule has 0 atom stereocenters. The molecule has 0 aliphatic rings. The van der Waals surface area contributed by atoms with E-state index in [1.165, 1.54) is 29.3 Å². The first-order chi connectivity index (χ1) is 11.8. The van der Waals surface area contributed by atoms with Crippen molar-refractivity contribution >= 4 is 15.9 Å². The van der Waals surface area contributed by atoms with E-state index in [2.05, 4.69) is 36.2 Å². The summed E-state index contributed by atoms with van der Waals surface area (Å²) >= 11 is 3.21. The molecule has 0 fully saturated rings. The molecule has 0 aliphatic heterocycles. The monoisotopic (exact) mass is 413 g/mol. The highest BCUT2D eigenvalue weighted by Crippen LogP contribution is 2.30. The first kappa shape index (κ1) is 17.3. The van der Waals surface area contributed by atoms with Crippen molar-refractivity contribution in [3.63, 3.8) is 0 Å². The molecule has 0 N–H and O–H groups in total. The molecule has 0 radical (unpaired) electrons. The van der Waals surface area contributed by atoms with Gasteiger partial charge in [0.05, 0.1) is 21.9 Å². The molecule has 0 aliphatic carbocycles. The topological polar surface area (TPSA) is 65.7 Å². The van der Waals surface area contributed by atoms with E-state index in [-0.39, 0.29) is 18.3 Å². The minimum absolute atomic E-state index is 0.0413. The minimum atomic E-state index is -3.30. The maximum absolute atomic E-state index is 13.6. The van der Waals surface area contributed by atoms with E-state index in [0.29, 0.717) is 17.1 Å². The zero-order chi connectivity index (χ0) is 18.0. The fourth-order valence-electron chi connectivity index (χ4n) is 2.00. The predicted octanol–water partition coefficient (Wildman–Crippen LogP) is 3.65. The number of aromatic nitrogens is 5. The molecule has 0 bridgehead atoms. The minimum Gasteiger partial charge on any atom is -0.457 e. The Kier molecular flexibility index (Phi) is 4.71. The summed E-state index contributed by atoms with van der Waals surface area (Å²) in [5.41, 5.74) is -0.0150. The Balaban J connectivity index is 1.76. The summed E-state index contributed by atoms with van der Waals surface area (Å²) < 4.78 is 47.7. The van der Waals surface area contributed by atoms with Crippen LogP contribution in [0.5, 0.6) is 6.01 Å². The van der Waals surface area contributed by atoms with Crippen LogP contribution < -0.4 is 4.74 Å². The van der Waals surface area contributed by atoms with Crippen LogP contribution >= 0.6 is 15.9 Å². The van der Waals surface area contributed by atoms with Crippen molar-refractivity contribution in [2.45, 2.75) is 19.5 Å². The Hall–Kier alpha value is -2.49. The van der Waals surface area contributed by atoms with Gasteiger partial charge in [0.15, 0.2) is 0 Å². The highest BCUT2D eigenvalue weighted by Gasteiger charge is 2.28. The molecule has 25 heavy (non-hydrogen) atoms. The lowest BCUT2D eigenvalue weighted by Crippen LogP contribution is -2.11. The van der Waals surface area contributed by atoms with Crippen molar-refractivity contribution in [1.82, 2.24) is 25.0 Å². The first-order valence-electron chi connectivity index (χ1n) is 7.03. The van der Waals surface area contributed by atoms with Crippen LogP contribution in [0.15, 0.2) is 41.3 Å². The second kappa shape index (κ2) is 6.79. The lowest BCUT2D eigenvalue weighted by atomic mass is 10.1. The van der Waals surface area contributed by atoms with E-state index in [1.807, 2.05) is 0 Å². The van der Waals surface area contributed by atoms with Crippen molar-refractivity contribution in [2.24, 2.45) is 0 Å². The summed E-state index contributed by atoms with van der Waals surface area (Å²) in [5.74, 6) is -4.28. The standard InChI is InChI=1S/C15H11BrF3N5O/c1-15(18,19)12-4-11(2-3-13(12)17)24-7-10(22-23-24)8-25-14-20-5-9(16)6-21-14/h2-7H,8H2,1H3. The molecule has 10 heteroatoms. The van der Waals surface area contributed by atoms with Crippen molar-refractivity contribution in [3.8, 4) is 11.7 Å². The highest BCUT2D eigenvalue weighted by molar-refractivity contribution is 9.10. The predicted molar refractivity (Wildman–Crippen MR) is 84.9 cm³/mol. The molecule has 3 rings (SSSR count). The van der Waals surface area contributed by atoms with Crippen LogP contribution in [0.2, 0.25) is 0 Å². The molecule has 0 saturated carbocycles. The normalized spacial score (nSPS) is 11.6. The second-order valence-corrected chi connectivity index (χ2v) is 6.10. The summed E-state index contributed by atoms with van der Waals surface area (Å²) in [6.07, 6.45) is 4.55. The Morgan fingerprint density at radius 3 is 2.64 bits per heavy atom. The Morgan fingerprint density at radius 2 is 1.96 bits per heavy atom. The number of nitrogens with zero attached hydrogens (tertiary/aromatic N) is 5. The molecule has 3 aromatic rings. The van der Waals surface area contributed by atoms with Gasteiger partial charge in [-0.3, -0.25) is 0 Å². The van der Waals surface area contributed by atoms with E-state index >= 15 is 0 Å². The number of benzene rings is 1. The van der Waals surface area contributed by atoms with Gasteiger partial charge in [0.1, 0.15) is 18.1 Å². The van der Waals surface area contributed by atoms with Crippen LogP contribution in [0.1, 0.15) is 18.2 Å². The van der Waals surface area contributed by atoms with Gasteiger partial charge in [-0.05, 0) is 34.1 Å². The zero-order valence-electron chi connectivity index (χ0n) is 12.8. The van der Waals surface area contributed by atoms with Crippen LogP contribution in [0.3, 0.4) is 0 Å². The number of halogens is 4. The largest absolute Gasteiger partial charge is 0.457 e. The molecule has 2 aromatic heterocycles. The average molecular weight is 414 g/mol. The van der Waals surface area contributed by atoms with Gasteiger partial charge < -0.3 is 4.74 Å². The summed E-state index contributed by atoms with van der Waals surface area (Å²) in [6, 6.07) is 3.50. The third-order valence-electron chi connectivity index (χ3n) is 3.17. The van der Waals surface area contributed by atoms with Crippen LogP contribution in [0, 0.1) is 5.82 Å². The third kappa shape index (κ3) is 4.13. The van der Waals surface area contributed by atoms with Crippen LogP contribution in [-0.4, -0.2) is 25.0 Å². The lowest BCUT2D eigenvalue weighted by molar-refractivity contribution is 0.0137. The first-order valence-corrected chi connectivity index (χ1v) is 7.82. The summed E-state index contributed by atoms with van der Waals surface area (Å²) in [4.78, 5) is 7.89. The van der Waals surface area contributed by atoms with Crippen molar-refractivity contribution in [2.75, 3.05) is 0 Å². The SMILES string of the molecule is CC(F)(F)c1cc(-n2cc(COc3ncc(Br)cn3)nn2)ccc1F. The maximum Gasteiger partial charge on any atom is 0.316 e. The van der Waals surface area contributed by atoms with Crippen LogP contribution in [0.4, 0.5) is 13.2 Å². The highest BCUT2D eigenvalue weighted by atomic mass is 79.9. The molecule has 0 saturated heterocycles. The maximum atomic E-state index is 13.6. The summed E-state index contributed by atoms with van der Waals surface area (Å²) in [6.45, 7) is 0.674. The molecule has 0 unspecified atom stereocenters. The molecule has 2 heterocycles. The molecule has 1 aromatic carbocycles. The van der Waals surface area contributed by atoms with E-state index in [1.54, 1.807) is 0 Å². The van der Waals surface area contributed by atoms with Crippen molar-refractivity contribution < 1.29 is 17.9 Å². The van der Waals surface area contributed by atoms with Crippen molar-refractivity contribution in [3.05, 3.63) is 58.3 Å². The molecular weight excluding hydrogens is 403 g/mol. The fraction of sp³-hybridized carbons (Fsp3) is 0.200. The number of alkyl halides is 2. The van der Waals surface area contributed by atoms with E-state index in [4.69, 9.17) is 4.74 Å². The Labute approximate surface area is 148 Å². The quantitative estimate of drug-likeness (QED) is 0.638. The van der Waals surface area contributed by atoms with Gasteiger partial charge in [-0.15, -0.1) is 5.10 Å². The van der Waals surface area contributed by atoms with Gasteiger partial charge in [0.2, 0.25) is 0 Å². The number of ether oxygens (including phenoxy) is 1. The summed E-state index contributed by atoms with van der Waals surface area (Å²) in [5, 5.41) is 7.72. The third-order valence-corrected chi connectivity index (χ3v) is 3.58. The molecule has 0 spiro atoms. The number of rotatable bonds is 5. The van der Waals surface area contributed by atoms with Gasteiger partial charge in [-0.25, -0.2) is 27.8 Å². The van der Waals surface area contributed by atoms with Gasteiger partial charge in [0, 0.05) is 19.3 Å². The summed E-state index contributed by atoms with van der Waals surface area (Å²) in [7, 11) is 0. The fourth-order valence-corrected chi connectivity index (χ4v) is 2.20. The zero-order valence-corrected chi connectivity index (χ0v) is 14.4. The number of hydrogen-bond acceptors (Lipinski definition) is 5. The van der Waals surface area contributed by atoms with Crippen LogP contribution in [0.25, 0.3) is 5.69 Å². The molecule has 130 valence electrons.